The average Bonchev–Trinajstić information content (AvgIpc) is 2.75. The number of aromatic nitrogens is 1. The van der Waals surface area contributed by atoms with Crippen LogP contribution in [0.25, 0.3) is 10.9 Å². The Balaban J connectivity index is 1.91. The van der Waals surface area contributed by atoms with Crippen LogP contribution < -0.4 is 0 Å². The number of para-hydroxylation sites is 1. The number of hydrogen-bond acceptors (Lipinski definition) is 4. The maximum atomic E-state index is 12.4. The standard InChI is InChI=1S/C18H22N2O3/c1-19-15-8-4-3-6-12(15)13-9-10-20-17(16(13)19)14(18(21)22-2)7-5-11-23-20/h3-4,6,8,14,17H,5,7,9-11H2,1-2H3/t14-,17-/m0/s1. The number of carbonyl (C=O) groups is 1. The molecule has 23 heavy (non-hydrogen) atoms. The van der Waals surface area contributed by atoms with Crippen LogP contribution in [0.5, 0.6) is 0 Å². The summed E-state index contributed by atoms with van der Waals surface area (Å²) < 4.78 is 7.32. The van der Waals surface area contributed by atoms with Crippen molar-refractivity contribution >= 4 is 16.9 Å². The van der Waals surface area contributed by atoms with Crippen LogP contribution in [0.15, 0.2) is 24.3 Å². The number of fused-ring (bicyclic) bond motifs is 5. The smallest absolute Gasteiger partial charge is 0.310 e. The zero-order valence-electron chi connectivity index (χ0n) is 13.6. The summed E-state index contributed by atoms with van der Waals surface area (Å²) in [6.45, 7) is 1.49. The number of methoxy groups -OCH3 is 1. The van der Waals surface area contributed by atoms with E-state index in [1.54, 1.807) is 0 Å². The van der Waals surface area contributed by atoms with Crippen molar-refractivity contribution in [3.05, 3.63) is 35.5 Å². The third-order valence-corrected chi connectivity index (χ3v) is 5.24. The van der Waals surface area contributed by atoms with Gasteiger partial charge in [-0.05, 0) is 30.9 Å². The van der Waals surface area contributed by atoms with Gasteiger partial charge in [0.25, 0.3) is 0 Å². The van der Waals surface area contributed by atoms with E-state index in [0.29, 0.717) is 6.61 Å². The Labute approximate surface area is 135 Å². The molecule has 0 amide bonds. The van der Waals surface area contributed by atoms with Gasteiger partial charge in [0.2, 0.25) is 0 Å². The van der Waals surface area contributed by atoms with Crippen molar-refractivity contribution in [2.45, 2.75) is 25.3 Å². The predicted octanol–water partition coefficient (Wildman–Crippen LogP) is 2.59. The van der Waals surface area contributed by atoms with Gasteiger partial charge in [0.15, 0.2) is 0 Å². The minimum atomic E-state index is -0.176. The minimum absolute atomic E-state index is 0.0638. The third-order valence-electron chi connectivity index (χ3n) is 5.24. The van der Waals surface area contributed by atoms with Crippen LogP contribution in [0.3, 0.4) is 0 Å². The summed E-state index contributed by atoms with van der Waals surface area (Å²) in [5.74, 6) is -0.312. The molecule has 0 bridgehead atoms. The molecule has 122 valence electrons. The first-order valence-corrected chi connectivity index (χ1v) is 8.26. The quantitative estimate of drug-likeness (QED) is 0.759. The van der Waals surface area contributed by atoms with Crippen molar-refractivity contribution in [1.29, 1.82) is 0 Å². The Morgan fingerprint density at radius 2 is 2.17 bits per heavy atom. The normalized spacial score (nSPS) is 24.8. The van der Waals surface area contributed by atoms with Gasteiger partial charge in [-0.1, -0.05) is 18.2 Å². The third kappa shape index (κ3) is 2.18. The summed E-state index contributed by atoms with van der Waals surface area (Å²) >= 11 is 0. The van der Waals surface area contributed by atoms with Crippen LogP contribution in [-0.2, 0) is 27.8 Å². The molecule has 0 aliphatic carbocycles. The summed E-state index contributed by atoms with van der Waals surface area (Å²) in [6, 6.07) is 8.40. The van der Waals surface area contributed by atoms with Crippen molar-refractivity contribution in [1.82, 2.24) is 9.63 Å². The van der Waals surface area contributed by atoms with Crippen molar-refractivity contribution in [2.75, 3.05) is 20.3 Å². The summed E-state index contributed by atoms with van der Waals surface area (Å²) in [6.07, 6.45) is 2.63. The summed E-state index contributed by atoms with van der Waals surface area (Å²) in [5, 5.41) is 3.30. The van der Waals surface area contributed by atoms with Crippen LogP contribution in [0.2, 0.25) is 0 Å². The molecule has 3 heterocycles. The zero-order valence-corrected chi connectivity index (χ0v) is 13.6. The van der Waals surface area contributed by atoms with E-state index in [1.165, 1.54) is 29.3 Å². The van der Waals surface area contributed by atoms with E-state index < -0.39 is 0 Å². The van der Waals surface area contributed by atoms with E-state index in [9.17, 15) is 4.79 Å². The molecule has 2 aliphatic rings. The van der Waals surface area contributed by atoms with E-state index in [2.05, 4.69) is 35.9 Å². The molecule has 1 saturated heterocycles. The van der Waals surface area contributed by atoms with Gasteiger partial charge in [-0.2, -0.15) is 5.06 Å². The van der Waals surface area contributed by atoms with Crippen LogP contribution in [0, 0.1) is 5.92 Å². The fourth-order valence-electron chi connectivity index (χ4n) is 4.21. The molecule has 4 rings (SSSR count). The molecule has 0 spiro atoms. The van der Waals surface area contributed by atoms with Gasteiger partial charge < -0.3 is 9.30 Å². The Morgan fingerprint density at radius 1 is 1.35 bits per heavy atom. The van der Waals surface area contributed by atoms with Crippen LogP contribution in [-0.4, -0.2) is 35.9 Å². The summed E-state index contributed by atoms with van der Waals surface area (Å²) in [5.41, 5.74) is 3.77. The van der Waals surface area contributed by atoms with Gasteiger partial charge in [0.05, 0.1) is 25.7 Å². The lowest BCUT2D eigenvalue weighted by atomic mass is 9.87. The number of nitrogens with zero attached hydrogens (tertiary/aromatic N) is 2. The fraction of sp³-hybridized carbons (Fsp3) is 0.500. The van der Waals surface area contributed by atoms with Gasteiger partial charge in [0.1, 0.15) is 0 Å². The summed E-state index contributed by atoms with van der Waals surface area (Å²) in [7, 11) is 3.56. The number of carbonyl (C=O) groups excluding carboxylic acids is 1. The van der Waals surface area contributed by atoms with Crippen molar-refractivity contribution in [3.63, 3.8) is 0 Å². The summed E-state index contributed by atoms with van der Waals surface area (Å²) in [4.78, 5) is 18.3. The molecule has 2 atom stereocenters. The fourth-order valence-corrected chi connectivity index (χ4v) is 4.21. The highest BCUT2D eigenvalue weighted by Gasteiger charge is 2.42. The van der Waals surface area contributed by atoms with E-state index in [4.69, 9.17) is 9.57 Å². The van der Waals surface area contributed by atoms with E-state index in [-0.39, 0.29) is 17.9 Å². The van der Waals surface area contributed by atoms with E-state index >= 15 is 0 Å². The molecule has 0 unspecified atom stereocenters. The lowest BCUT2D eigenvalue weighted by Gasteiger charge is -2.37. The molecule has 5 heteroatoms. The molecule has 2 aromatic rings. The first kappa shape index (κ1) is 14.7. The molecule has 2 aliphatic heterocycles. The van der Waals surface area contributed by atoms with Crippen LogP contribution in [0.1, 0.15) is 30.1 Å². The largest absolute Gasteiger partial charge is 0.469 e. The van der Waals surface area contributed by atoms with Gasteiger partial charge in [-0.25, -0.2) is 0 Å². The lowest BCUT2D eigenvalue weighted by molar-refractivity contribution is -0.198. The Hall–Kier alpha value is -1.85. The van der Waals surface area contributed by atoms with Crippen molar-refractivity contribution < 1.29 is 14.4 Å². The highest BCUT2D eigenvalue weighted by Crippen LogP contribution is 2.43. The first-order chi connectivity index (χ1) is 11.2. The molecule has 0 saturated carbocycles. The molecular formula is C18H22N2O3. The second-order valence-electron chi connectivity index (χ2n) is 6.38. The van der Waals surface area contributed by atoms with E-state index in [0.717, 1.165) is 25.8 Å². The number of ether oxygens (including phenoxy) is 1. The predicted molar refractivity (Wildman–Crippen MR) is 86.8 cm³/mol. The highest BCUT2D eigenvalue weighted by molar-refractivity contribution is 5.86. The zero-order chi connectivity index (χ0) is 16.0. The van der Waals surface area contributed by atoms with Gasteiger partial charge >= 0.3 is 5.97 Å². The van der Waals surface area contributed by atoms with E-state index in [1.807, 2.05) is 5.06 Å². The van der Waals surface area contributed by atoms with Gasteiger partial charge in [-0.15, -0.1) is 0 Å². The number of esters is 1. The van der Waals surface area contributed by atoms with Gasteiger partial charge in [-0.3, -0.25) is 9.63 Å². The van der Waals surface area contributed by atoms with Crippen LogP contribution in [0.4, 0.5) is 0 Å². The van der Waals surface area contributed by atoms with Crippen LogP contribution >= 0.6 is 0 Å². The van der Waals surface area contributed by atoms with Crippen molar-refractivity contribution in [2.24, 2.45) is 13.0 Å². The number of hydrogen-bond donors (Lipinski definition) is 0. The molecule has 1 fully saturated rings. The van der Waals surface area contributed by atoms with Gasteiger partial charge in [0, 0.05) is 30.2 Å². The molecule has 5 nitrogen and oxygen atoms in total. The molecule has 0 radical (unpaired) electrons. The lowest BCUT2D eigenvalue weighted by Crippen LogP contribution is -2.41. The second kappa shape index (κ2) is 5.65. The number of aryl methyl sites for hydroxylation is 1. The molecule has 1 aromatic heterocycles. The Bertz CT molecular complexity index is 752. The topological polar surface area (TPSA) is 43.7 Å². The monoisotopic (exact) mass is 314 g/mol. The molecule has 1 aromatic carbocycles. The minimum Gasteiger partial charge on any atom is -0.469 e. The molecule has 0 N–H and O–H groups in total. The molecular weight excluding hydrogens is 292 g/mol. The number of rotatable bonds is 1. The Kier molecular flexibility index (Phi) is 3.62. The highest BCUT2D eigenvalue weighted by atomic mass is 16.7. The maximum Gasteiger partial charge on any atom is 0.310 e. The van der Waals surface area contributed by atoms with Crippen molar-refractivity contribution in [3.8, 4) is 0 Å². The number of hydroxylamine groups is 2. The second-order valence-corrected chi connectivity index (χ2v) is 6.38. The first-order valence-electron chi connectivity index (χ1n) is 8.26. The SMILES string of the molecule is COC(=O)[C@H]1CCCON2CCc3c(n(C)c4ccccc34)[C@H]12. The average molecular weight is 314 g/mol. The maximum absolute atomic E-state index is 12.4. The Morgan fingerprint density at radius 3 is 3.00 bits per heavy atom. The number of benzene rings is 1.